The van der Waals surface area contributed by atoms with Crippen LogP contribution in [0.25, 0.3) is 0 Å². The molecule has 1 aromatic carbocycles. The number of piperidine rings is 1. The van der Waals surface area contributed by atoms with Crippen molar-refractivity contribution in [3.63, 3.8) is 0 Å². The van der Waals surface area contributed by atoms with Crippen LogP contribution < -0.4 is 4.74 Å². The zero-order valence-corrected chi connectivity index (χ0v) is 14.6. The molecule has 4 nitrogen and oxygen atoms in total. The molecule has 0 saturated carbocycles. The Labute approximate surface area is 142 Å². The normalized spacial score (nSPS) is 21.2. The second-order valence-electron chi connectivity index (χ2n) is 5.97. The van der Waals surface area contributed by atoms with Crippen LogP contribution in [0.4, 0.5) is 0 Å². The molecule has 1 saturated heterocycles. The van der Waals surface area contributed by atoms with Crippen LogP contribution >= 0.6 is 27.5 Å². The Kier molecular flexibility index (Phi) is 4.21. The molecule has 0 N–H and O–H groups in total. The molecule has 2 heterocycles. The molecule has 2 aliphatic heterocycles. The van der Waals surface area contributed by atoms with E-state index in [0.717, 1.165) is 0 Å². The maximum absolute atomic E-state index is 12.4. The Bertz CT molecular complexity index is 624. The molecule has 1 atom stereocenters. The fraction of sp³-hybridized carbons (Fsp3) is 0.500. The SMILES string of the molecule is CC(Br)C(=O)N1CCC2(CC1)CC(=O)c1cc(Cl)ccc1O2. The summed E-state index contributed by atoms with van der Waals surface area (Å²) in [4.78, 5) is 26.1. The number of likely N-dealkylation sites (tertiary alicyclic amines) is 1. The first-order chi connectivity index (χ1) is 10.4. The number of carbonyl (C=O) groups excluding carboxylic acids is 2. The highest BCUT2D eigenvalue weighted by Gasteiger charge is 2.43. The highest BCUT2D eigenvalue weighted by atomic mass is 79.9. The Hall–Kier alpha value is -1.07. The smallest absolute Gasteiger partial charge is 0.236 e. The van der Waals surface area contributed by atoms with Gasteiger partial charge in [-0.25, -0.2) is 0 Å². The summed E-state index contributed by atoms with van der Waals surface area (Å²) in [7, 11) is 0. The minimum Gasteiger partial charge on any atom is -0.486 e. The highest BCUT2D eigenvalue weighted by molar-refractivity contribution is 9.10. The standard InChI is InChI=1S/C16H17BrClNO3/c1-10(17)15(21)19-6-4-16(5-7-19)9-13(20)12-8-11(18)2-3-14(12)22-16/h2-3,8,10H,4-7,9H2,1H3. The van der Waals surface area contributed by atoms with Gasteiger partial charge in [0.1, 0.15) is 11.4 Å². The van der Waals surface area contributed by atoms with Gasteiger partial charge in [0.05, 0.1) is 16.8 Å². The minimum absolute atomic E-state index is 0.0670. The highest BCUT2D eigenvalue weighted by Crippen LogP contribution is 2.40. The molecular formula is C16H17BrClNO3. The maximum Gasteiger partial charge on any atom is 0.236 e. The van der Waals surface area contributed by atoms with Crippen LogP contribution in [-0.4, -0.2) is 40.1 Å². The van der Waals surface area contributed by atoms with Crippen LogP contribution in [0.2, 0.25) is 5.02 Å². The van der Waals surface area contributed by atoms with E-state index in [-0.39, 0.29) is 16.5 Å². The molecule has 22 heavy (non-hydrogen) atoms. The number of halogens is 2. The fourth-order valence-corrected chi connectivity index (χ4v) is 3.59. The van der Waals surface area contributed by atoms with Gasteiger partial charge in [0.2, 0.25) is 5.91 Å². The van der Waals surface area contributed by atoms with Crippen molar-refractivity contribution >= 4 is 39.2 Å². The van der Waals surface area contributed by atoms with Crippen molar-refractivity contribution in [3.8, 4) is 5.75 Å². The van der Waals surface area contributed by atoms with E-state index in [4.69, 9.17) is 16.3 Å². The first-order valence-corrected chi connectivity index (χ1v) is 8.64. The topological polar surface area (TPSA) is 46.6 Å². The molecule has 1 aromatic rings. The van der Waals surface area contributed by atoms with Crippen LogP contribution in [0.1, 0.15) is 36.5 Å². The molecule has 0 radical (unpaired) electrons. The van der Waals surface area contributed by atoms with Gasteiger partial charge >= 0.3 is 0 Å². The number of hydrogen-bond acceptors (Lipinski definition) is 3. The summed E-state index contributed by atoms with van der Waals surface area (Å²) in [5, 5.41) is 0.540. The summed E-state index contributed by atoms with van der Waals surface area (Å²) in [6.45, 7) is 3.06. The summed E-state index contributed by atoms with van der Waals surface area (Å²) in [5.41, 5.74) is 0.0789. The summed E-state index contributed by atoms with van der Waals surface area (Å²) in [6, 6.07) is 5.16. The van der Waals surface area contributed by atoms with E-state index in [9.17, 15) is 9.59 Å². The predicted octanol–water partition coefficient (Wildman–Crippen LogP) is 3.45. The first-order valence-electron chi connectivity index (χ1n) is 7.35. The number of benzene rings is 1. The van der Waals surface area contributed by atoms with Crippen LogP contribution in [0.5, 0.6) is 5.75 Å². The number of ether oxygens (including phenoxy) is 1. The molecule has 1 unspecified atom stereocenters. The molecular weight excluding hydrogens is 370 g/mol. The first kappa shape index (κ1) is 15.8. The summed E-state index contributed by atoms with van der Waals surface area (Å²) in [5.74, 6) is 0.760. The van der Waals surface area contributed by atoms with Crippen molar-refractivity contribution in [1.82, 2.24) is 4.90 Å². The van der Waals surface area contributed by atoms with Crippen molar-refractivity contribution in [2.24, 2.45) is 0 Å². The number of amides is 1. The van der Waals surface area contributed by atoms with Crippen molar-refractivity contribution in [1.29, 1.82) is 0 Å². The van der Waals surface area contributed by atoms with Crippen LogP contribution in [-0.2, 0) is 4.79 Å². The van der Waals surface area contributed by atoms with Gasteiger partial charge in [-0.05, 0) is 25.1 Å². The maximum atomic E-state index is 12.4. The third-order valence-corrected chi connectivity index (χ3v) is 5.00. The number of alkyl halides is 1. The lowest BCUT2D eigenvalue weighted by molar-refractivity contribution is -0.133. The third kappa shape index (κ3) is 2.88. The third-order valence-electron chi connectivity index (χ3n) is 4.38. The molecule has 2 aliphatic rings. The molecule has 6 heteroatoms. The molecule has 1 spiro atoms. The number of carbonyl (C=O) groups is 2. The van der Waals surface area contributed by atoms with Crippen molar-refractivity contribution in [3.05, 3.63) is 28.8 Å². The van der Waals surface area contributed by atoms with Gasteiger partial charge in [-0.1, -0.05) is 27.5 Å². The molecule has 0 aliphatic carbocycles. The molecule has 1 amide bonds. The fourth-order valence-electron chi connectivity index (χ4n) is 3.13. The van der Waals surface area contributed by atoms with Gasteiger partial charge in [0.25, 0.3) is 0 Å². The Morgan fingerprint density at radius 2 is 2.09 bits per heavy atom. The van der Waals surface area contributed by atoms with Crippen molar-refractivity contribution < 1.29 is 14.3 Å². The monoisotopic (exact) mass is 385 g/mol. The lowest BCUT2D eigenvalue weighted by Gasteiger charge is -2.44. The van der Waals surface area contributed by atoms with Gasteiger partial charge in [-0.3, -0.25) is 9.59 Å². The van der Waals surface area contributed by atoms with Gasteiger partial charge in [-0.2, -0.15) is 0 Å². The van der Waals surface area contributed by atoms with Crippen LogP contribution in [0.3, 0.4) is 0 Å². The Morgan fingerprint density at radius 3 is 2.73 bits per heavy atom. The van der Waals surface area contributed by atoms with Crippen molar-refractivity contribution in [2.75, 3.05) is 13.1 Å². The van der Waals surface area contributed by atoms with E-state index in [0.29, 0.717) is 48.7 Å². The number of rotatable bonds is 1. The predicted molar refractivity (Wildman–Crippen MR) is 88.0 cm³/mol. The number of hydrogen-bond donors (Lipinski definition) is 0. The molecule has 0 bridgehead atoms. The molecule has 0 aromatic heterocycles. The quantitative estimate of drug-likeness (QED) is 0.695. The lowest BCUT2D eigenvalue weighted by Crippen LogP contribution is -2.53. The van der Waals surface area contributed by atoms with E-state index in [1.807, 2.05) is 11.8 Å². The van der Waals surface area contributed by atoms with Crippen LogP contribution in [0.15, 0.2) is 18.2 Å². The largest absolute Gasteiger partial charge is 0.486 e. The van der Waals surface area contributed by atoms with Gasteiger partial charge < -0.3 is 9.64 Å². The Morgan fingerprint density at radius 1 is 1.41 bits per heavy atom. The van der Waals surface area contributed by atoms with E-state index >= 15 is 0 Å². The second-order valence-corrected chi connectivity index (χ2v) is 7.78. The second kappa shape index (κ2) is 5.85. The van der Waals surface area contributed by atoms with Gasteiger partial charge in [-0.15, -0.1) is 0 Å². The van der Waals surface area contributed by atoms with Gasteiger partial charge in [0, 0.05) is 31.0 Å². The average molecular weight is 387 g/mol. The zero-order chi connectivity index (χ0) is 15.9. The molecule has 1 fully saturated rings. The Balaban J connectivity index is 1.76. The number of nitrogens with zero attached hydrogens (tertiary/aromatic N) is 1. The number of ketones is 1. The summed E-state index contributed by atoms with van der Waals surface area (Å²) < 4.78 is 6.15. The summed E-state index contributed by atoms with van der Waals surface area (Å²) in [6.07, 6.45) is 1.70. The van der Waals surface area contributed by atoms with Crippen molar-refractivity contribution in [2.45, 2.75) is 36.6 Å². The van der Waals surface area contributed by atoms with Gasteiger partial charge in [0.15, 0.2) is 5.78 Å². The summed E-state index contributed by atoms with van der Waals surface area (Å²) >= 11 is 9.26. The van der Waals surface area contributed by atoms with E-state index in [1.54, 1.807) is 18.2 Å². The zero-order valence-electron chi connectivity index (χ0n) is 12.3. The minimum atomic E-state index is -0.482. The van der Waals surface area contributed by atoms with Crippen LogP contribution in [0, 0.1) is 0 Å². The number of Topliss-reactive ketones (excluding diaryl/α,β-unsaturated/α-hetero) is 1. The van der Waals surface area contributed by atoms with E-state index in [2.05, 4.69) is 15.9 Å². The average Bonchev–Trinajstić information content (AvgIpc) is 2.48. The van der Waals surface area contributed by atoms with E-state index in [1.165, 1.54) is 0 Å². The molecule has 3 rings (SSSR count). The lowest BCUT2D eigenvalue weighted by atomic mass is 9.82. The molecule has 118 valence electrons. The van der Waals surface area contributed by atoms with E-state index < -0.39 is 5.60 Å². The number of fused-ring (bicyclic) bond motifs is 1.